The van der Waals surface area contributed by atoms with Crippen molar-refractivity contribution in [1.29, 1.82) is 0 Å². The highest BCUT2D eigenvalue weighted by Gasteiger charge is 2.26. The van der Waals surface area contributed by atoms with E-state index >= 15 is 0 Å². The zero-order chi connectivity index (χ0) is 29.9. The van der Waals surface area contributed by atoms with Gasteiger partial charge < -0.3 is 20.5 Å². The van der Waals surface area contributed by atoms with Crippen molar-refractivity contribution in [3.63, 3.8) is 0 Å². The highest BCUT2D eigenvalue weighted by atomic mass is 16.6. The number of phenols is 1. The van der Waals surface area contributed by atoms with Crippen LogP contribution in [0.4, 0.5) is 21.9 Å². The smallest absolute Gasteiger partial charge is 0.408 e. The van der Waals surface area contributed by atoms with Gasteiger partial charge in [0.2, 0.25) is 5.91 Å². The molecule has 0 spiro atoms. The molecule has 0 aliphatic rings. The van der Waals surface area contributed by atoms with Crippen molar-refractivity contribution in [2.75, 3.05) is 5.43 Å². The van der Waals surface area contributed by atoms with Gasteiger partial charge >= 0.3 is 11.8 Å². The van der Waals surface area contributed by atoms with Crippen LogP contribution in [0.5, 0.6) is 5.75 Å². The number of amides is 3. The van der Waals surface area contributed by atoms with Gasteiger partial charge in [-0.25, -0.2) is 4.79 Å². The number of alkyl carbamates (subject to hydrolysis) is 1. The summed E-state index contributed by atoms with van der Waals surface area (Å²) in [6, 6.07) is 15.1. The molecule has 41 heavy (non-hydrogen) atoms. The molecule has 0 aromatic heterocycles. The lowest BCUT2D eigenvalue weighted by molar-refractivity contribution is -0.393. The Labute approximate surface area is 232 Å². The molecule has 3 aromatic carbocycles. The number of anilines is 1. The molecular formula is C26H26N6O9. The number of nitro benzene ring substituents is 2. The van der Waals surface area contributed by atoms with Crippen LogP contribution >= 0.6 is 0 Å². The number of benzene rings is 3. The van der Waals surface area contributed by atoms with Gasteiger partial charge in [0.25, 0.3) is 11.6 Å². The number of aromatic hydroxyl groups is 1. The maximum atomic E-state index is 13.1. The van der Waals surface area contributed by atoms with Crippen molar-refractivity contribution in [3.05, 3.63) is 104 Å². The summed E-state index contributed by atoms with van der Waals surface area (Å²) < 4.78 is 5.11. The summed E-state index contributed by atoms with van der Waals surface area (Å²) in [6.07, 6.45) is -0.921. The van der Waals surface area contributed by atoms with Gasteiger partial charge in [0, 0.05) is 12.5 Å². The number of non-ortho nitro benzene ring substituents is 1. The molecule has 5 N–H and O–H groups in total. The van der Waals surface area contributed by atoms with Crippen molar-refractivity contribution in [2.24, 2.45) is 0 Å². The number of hydrazine groups is 1. The van der Waals surface area contributed by atoms with Gasteiger partial charge in [0.05, 0.1) is 15.9 Å². The number of hydrogen-bond acceptors (Lipinski definition) is 10. The van der Waals surface area contributed by atoms with Gasteiger partial charge in [-0.15, -0.1) is 0 Å². The van der Waals surface area contributed by atoms with E-state index < -0.39 is 51.2 Å². The van der Waals surface area contributed by atoms with E-state index in [1.807, 2.05) is 6.07 Å². The predicted octanol–water partition coefficient (Wildman–Crippen LogP) is 2.69. The van der Waals surface area contributed by atoms with Crippen molar-refractivity contribution < 1.29 is 34.1 Å². The number of carbonyl (C=O) groups is 3. The number of carbonyl (C=O) groups excluding carboxylic acids is 3. The van der Waals surface area contributed by atoms with Gasteiger partial charge in [0.1, 0.15) is 30.1 Å². The number of nitrogens with zero attached hydrogens (tertiary/aromatic N) is 2. The zero-order valence-electron chi connectivity index (χ0n) is 21.6. The van der Waals surface area contributed by atoms with Crippen LogP contribution in [-0.2, 0) is 27.4 Å². The Morgan fingerprint density at radius 1 is 0.878 bits per heavy atom. The topological polar surface area (TPSA) is 215 Å². The average molecular weight is 567 g/mol. The molecular weight excluding hydrogens is 540 g/mol. The number of nitrogens with one attached hydrogen (secondary N) is 4. The lowest BCUT2D eigenvalue weighted by atomic mass is 10.0. The third kappa shape index (κ3) is 8.91. The average Bonchev–Trinajstić information content (AvgIpc) is 2.95. The molecule has 3 amide bonds. The first-order valence-corrected chi connectivity index (χ1v) is 12.1. The third-order valence-electron chi connectivity index (χ3n) is 5.66. The monoisotopic (exact) mass is 566 g/mol. The Morgan fingerprint density at radius 2 is 1.56 bits per heavy atom. The molecule has 3 aromatic rings. The number of ether oxygens (including phenoxy) is 1. The van der Waals surface area contributed by atoms with Crippen molar-refractivity contribution in [3.8, 4) is 5.75 Å². The molecule has 15 heteroatoms. The van der Waals surface area contributed by atoms with Crippen LogP contribution in [0.15, 0.2) is 72.8 Å². The van der Waals surface area contributed by atoms with Crippen molar-refractivity contribution >= 4 is 35.0 Å². The molecule has 0 radical (unpaired) electrons. The number of nitro groups is 2. The molecule has 2 atom stereocenters. The summed E-state index contributed by atoms with van der Waals surface area (Å²) >= 11 is 0. The highest BCUT2D eigenvalue weighted by Crippen LogP contribution is 2.28. The van der Waals surface area contributed by atoms with Gasteiger partial charge in [-0.3, -0.25) is 40.7 Å². The van der Waals surface area contributed by atoms with Gasteiger partial charge in [-0.1, -0.05) is 42.5 Å². The van der Waals surface area contributed by atoms with E-state index in [-0.39, 0.29) is 24.5 Å². The number of hydrogen-bond donors (Lipinski definition) is 5. The molecule has 0 fully saturated rings. The summed E-state index contributed by atoms with van der Waals surface area (Å²) in [6.45, 7) is 1.36. The number of phenolic OH excluding ortho intramolecular Hbond substituents is 1. The fourth-order valence-electron chi connectivity index (χ4n) is 3.49. The van der Waals surface area contributed by atoms with E-state index in [0.717, 1.165) is 23.8 Å². The standard InChI is InChI=1S/C26H26N6O9/c1-16(27-26(36)41-15-18-5-3-2-4-6-18)24(34)28-22(13-17-7-10-20(33)11-8-17)25(35)30-29-21-12-9-19(31(37)38)14-23(21)32(39)40/h2-12,14,16,22,29,33H,13,15H2,1H3,(H,27,36)(H,28,34)(H,30,35)/t16-,22-/m0/s1. The van der Waals surface area contributed by atoms with Crippen molar-refractivity contribution in [1.82, 2.24) is 16.1 Å². The maximum absolute atomic E-state index is 13.1. The normalized spacial score (nSPS) is 11.8. The van der Waals surface area contributed by atoms with Crippen LogP contribution < -0.4 is 21.5 Å². The van der Waals surface area contributed by atoms with E-state index in [4.69, 9.17) is 4.74 Å². The van der Waals surface area contributed by atoms with E-state index in [1.165, 1.54) is 31.2 Å². The molecule has 0 heterocycles. The summed E-state index contributed by atoms with van der Waals surface area (Å²) in [5.74, 6) is -1.57. The first kappa shape index (κ1) is 29.8. The Bertz CT molecular complexity index is 1420. The maximum Gasteiger partial charge on any atom is 0.408 e. The first-order valence-electron chi connectivity index (χ1n) is 12.1. The molecule has 0 aliphatic heterocycles. The third-order valence-corrected chi connectivity index (χ3v) is 5.66. The molecule has 0 saturated carbocycles. The second-order valence-electron chi connectivity index (χ2n) is 8.69. The minimum atomic E-state index is -1.25. The van der Waals surface area contributed by atoms with Gasteiger partial charge in [-0.05, 0) is 36.2 Å². The fraction of sp³-hybridized carbons (Fsp3) is 0.192. The van der Waals surface area contributed by atoms with Crippen LogP contribution in [0.25, 0.3) is 0 Å². The molecule has 0 saturated heterocycles. The van der Waals surface area contributed by atoms with Crippen LogP contribution in [0.3, 0.4) is 0 Å². The first-order chi connectivity index (χ1) is 19.5. The van der Waals surface area contributed by atoms with E-state index in [1.54, 1.807) is 24.3 Å². The SMILES string of the molecule is C[C@H](NC(=O)OCc1ccccc1)C(=O)N[C@@H](Cc1ccc(O)cc1)C(=O)NNc1ccc([N+](=O)[O-])cc1[N+](=O)[O-]. The second kappa shape index (κ2) is 13.9. The highest BCUT2D eigenvalue weighted by molar-refractivity contribution is 5.91. The molecule has 214 valence electrons. The van der Waals surface area contributed by atoms with Crippen LogP contribution in [0.2, 0.25) is 0 Å². The zero-order valence-corrected chi connectivity index (χ0v) is 21.6. The van der Waals surface area contributed by atoms with E-state index in [0.29, 0.717) is 5.56 Å². The largest absolute Gasteiger partial charge is 0.508 e. The molecule has 0 aliphatic carbocycles. The summed E-state index contributed by atoms with van der Waals surface area (Å²) in [5.41, 5.74) is 4.49. The Morgan fingerprint density at radius 3 is 2.20 bits per heavy atom. The summed E-state index contributed by atoms with van der Waals surface area (Å²) in [5, 5.41) is 36.8. The quantitative estimate of drug-likeness (QED) is 0.159. The molecule has 3 rings (SSSR count). The Hall–Kier alpha value is -5.73. The van der Waals surface area contributed by atoms with Crippen LogP contribution in [0, 0.1) is 20.2 Å². The van der Waals surface area contributed by atoms with E-state index in [2.05, 4.69) is 21.5 Å². The van der Waals surface area contributed by atoms with E-state index in [9.17, 15) is 39.7 Å². The fourth-order valence-corrected chi connectivity index (χ4v) is 3.49. The summed E-state index contributed by atoms with van der Waals surface area (Å²) in [4.78, 5) is 58.8. The molecule has 15 nitrogen and oxygen atoms in total. The molecule has 0 bridgehead atoms. The lowest BCUT2D eigenvalue weighted by Gasteiger charge is -2.22. The van der Waals surface area contributed by atoms with Gasteiger partial charge in [-0.2, -0.15) is 0 Å². The summed E-state index contributed by atoms with van der Waals surface area (Å²) in [7, 11) is 0. The van der Waals surface area contributed by atoms with Crippen molar-refractivity contribution in [2.45, 2.75) is 32.0 Å². The lowest BCUT2D eigenvalue weighted by Crippen LogP contribution is -2.54. The van der Waals surface area contributed by atoms with Crippen LogP contribution in [0.1, 0.15) is 18.1 Å². The minimum Gasteiger partial charge on any atom is -0.508 e. The Balaban J connectivity index is 1.68. The second-order valence-corrected chi connectivity index (χ2v) is 8.69. The predicted molar refractivity (Wildman–Crippen MR) is 144 cm³/mol. The molecule has 0 unspecified atom stereocenters. The minimum absolute atomic E-state index is 0.0160. The van der Waals surface area contributed by atoms with Gasteiger partial charge in [0.15, 0.2) is 0 Å². The number of rotatable bonds is 12. The van der Waals surface area contributed by atoms with Crippen LogP contribution in [-0.4, -0.2) is 44.9 Å². The Kier molecular flexibility index (Phi) is 10.1.